The molecule has 0 aromatic heterocycles. The van der Waals surface area contributed by atoms with Crippen LogP contribution >= 0.6 is 0 Å². The van der Waals surface area contributed by atoms with Crippen molar-refractivity contribution in [2.45, 2.75) is 18.4 Å². The molecule has 5 nitrogen and oxygen atoms in total. The topological polar surface area (TPSA) is 92.6 Å². The molecule has 1 aliphatic rings. The molecule has 0 saturated carbocycles. The standard InChI is InChI=1S/C6H13N3O2/c7-5(10)6(11)2-1-3-9(8)4-6/h11H,1-4,8H2,(H2,7,10). The number of carbonyl (C=O) groups excluding carboxylic acids is 1. The van der Waals surface area contributed by atoms with Crippen LogP contribution < -0.4 is 11.6 Å². The summed E-state index contributed by atoms with van der Waals surface area (Å²) in [7, 11) is 0. The summed E-state index contributed by atoms with van der Waals surface area (Å²) in [6, 6.07) is 0. The predicted octanol–water partition coefficient (Wildman–Crippen LogP) is -1.83. The lowest BCUT2D eigenvalue weighted by Crippen LogP contribution is -2.57. The first kappa shape index (κ1) is 8.45. The van der Waals surface area contributed by atoms with Gasteiger partial charge in [-0.05, 0) is 12.8 Å². The van der Waals surface area contributed by atoms with E-state index in [4.69, 9.17) is 11.6 Å². The highest BCUT2D eigenvalue weighted by Gasteiger charge is 2.37. The van der Waals surface area contributed by atoms with Gasteiger partial charge in [-0.1, -0.05) is 0 Å². The van der Waals surface area contributed by atoms with Gasteiger partial charge in [0.15, 0.2) is 5.60 Å². The van der Waals surface area contributed by atoms with Crippen LogP contribution in [0, 0.1) is 0 Å². The number of hydrazine groups is 1. The Morgan fingerprint density at radius 1 is 1.64 bits per heavy atom. The second kappa shape index (κ2) is 2.77. The molecule has 1 heterocycles. The maximum Gasteiger partial charge on any atom is 0.250 e. The number of primary amides is 1. The van der Waals surface area contributed by atoms with Crippen LogP contribution in [0.1, 0.15) is 12.8 Å². The molecular weight excluding hydrogens is 146 g/mol. The van der Waals surface area contributed by atoms with Crippen molar-refractivity contribution in [2.24, 2.45) is 11.6 Å². The number of hydrogen-bond donors (Lipinski definition) is 3. The lowest BCUT2D eigenvalue weighted by atomic mass is 9.93. The first-order valence-electron chi connectivity index (χ1n) is 3.56. The molecule has 5 heteroatoms. The number of rotatable bonds is 1. The van der Waals surface area contributed by atoms with Crippen molar-refractivity contribution in [3.63, 3.8) is 0 Å². The number of nitrogens with zero attached hydrogens (tertiary/aromatic N) is 1. The summed E-state index contributed by atoms with van der Waals surface area (Å²) >= 11 is 0. The fraction of sp³-hybridized carbons (Fsp3) is 0.833. The first-order valence-corrected chi connectivity index (χ1v) is 3.56. The maximum atomic E-state index is 10.7. The maximum absolute atomic E-state index is 10.7. The Balaban J connectivity index is 2.63. The van der Waals surface area contributed by atoms with Gasteiger partial charge in [-0.25, -0.2) is 5.01 Å². The number of piperidine rings is 1. The Kier molecular flexibility index (Phi) is 2.12. The second-order valence-corrected chi connectivity index (χ2v) is 2.97. The largest absolute Gasteiger partial charge is 0.379 e. The van der Waals surface area contributed by atoms with E-state index < -0.39 is 11.5 Å². The average molecular weight is 159 g/mol. The molecule has 0 radical (unpaired) electrons. The Morgan fingerprint density at radius 3 is 2.64 bits per heavy atom. The van der Waals surface area contributed by atoms with Gasteiger partial charge in [0.1, 0.15) is 0 Å². The van der Waals surface area contributed by atoms with E-state index in [1.807, 2.05) is 0 Å². The summed E-state index contributed by atoms with van der Waals surface area (Å²) in [6.07, 6.45) is 1.12. The fourth-order valence-electron chi connectivity index (χ4n) is 1.27. The van der Waals surface area contributed by atoms with Crippen LogP contribution in [0.3, 0.4) is 0 Å². The molecule has 0 bridgehead atoms. The third kappa shape index (κ3) is 1.68. The van der Waals surface area contributed by atoms with E-state index >= 15 is 0 Å². The van der Waals surface area contributed by atoms with E-state index in [2.05, 4.69) is 0 Å². The van der Waals surface area contributed by atoms with E-state index in [-0.39, 0.29) is 6.54 Å². The summed E-state index contributed by atoms with van der Waals surface area (Å²) in [6.45, 7) is 0.845. The highest BCUT2D eigenvalue weighted by Crippen LogP contribution is 2.18. The molecule has 64 valence electrons. The molecule has 1 atom stereocenters. The number of amides is 1. The smallest absolute Gasteiger partial charge is 0.250 e. The van der Waals surface area contributed by atoms with Gasteiger partial charge in [0.05, 0.1) is 6.54 Å². The SMILES string of the molecule is NC(=O)C1(O)CCCN(N)C1. The van der Waals surface area contributed by atoms with Gasteiger partial charge in [0, 0.05) is 6.54 Å². The van der Waals surface area contributed by atoms with Gasteiger partial charge in [0.25, 0.3) is 5.91 Å². The molecule has 11 heavy (non-hydrogen) atoms. The monoisotopic (exact) mass is 159 g/mol. The number of nitrogens with two attached hydrogens (primary N) is 2. The van der Waals surface area contributed by atoms with E-state index in [1.165, 1.54) is 5.01 Å². The zero-order valence-corrected chi connectivity index (χ0v) is 6.29. The summed E-state index contributed by atoms with van der Waals surface area (Å²) in [4.78, 5) is 10.7. The van der Waals surface area contributed by atoms with Crippen LogP contribution in [-0.2, 0) is 4.79 Å². The van der Waals surface area contributed by atoms with Crippen molar-refractivity contribution < 1.29 is 9.90 Å². The van der Waals surface area contributed by atoms with Gasteiger partial charge in [-0.3, -0.25) is 10.6 Å². The summed E-state index contributed by atoms with van der Waals surface area (Å²) in [5.74, 6) is 4.73. The lowest BCUT2D eigenvalue weighted by molar-refractivity contribution is -0.142. The van der Waals surface area contributed by atoms with Gasteiger partial charge in [-0.2, -0.15) is 0 Å². The van der Waals surface area contributed by atoms with Crippen molar-refractivity contribution in [3.8, 4) is 0 Å². The zero-order valence-electron chi connectivity index (χ0n) is 6.29. The quantitative estimate of drug-likeness (QED) is 0.392. The van der Waals surface area contributed by atoms with Crippen LogP contribution in [0.4, 0.5) is 0 Å². The second-order valence-electron chi connectivity index (χ2n) is 2.97. The van der Waals surface area contributed by atoms with E-state index in [0.29, 0.717) is 19.4 Å². The molecule has 1 fully saturated rings. The molecule has 1 amide bonds. The van der Waals surface area contributed by atoms with Gasteiger partial charge in [0.2, 0.25) is 0 Å². The van der Waals surface area contributed by atoms with Crippen LogP contribution in [-0.4, -0.2) is 34.7 Å². The molecule has 5 N–H and O–H groups in total. The average Bonchev–Trinajstić information content (AvgIpc) is 1.86. The van der Waals surface area contributed by atoms with Gasteiger partial charge in [-0.15, -0.1) is 0 Å². The molecule has 0 spiro atoms. The molecule has 1 rings (SSSR count). The molecular formula is C6H13N3O2. The third-order valence-electron chi connectivity index (χ3n) is 1.96. The lowest BCUT2D eigenvalue weighted by Gasteiger charge is -2.34. The third-order valence-corrected chi connectivity index (χ3v) is 1.96. The Labute approximate surface area is 64.9 Å². The Bertz CT molecular complexity index is 173. The Morgan fingerprint density at radius 2 is 2.27 bits per heavy atom. The molecule has 1 saturated heterocycles. The van der Waals surface area contributed by atoms with Crippen LogP contribution in [0.5, 0.6) is 0 Å². The predicted molar refractivity (Wildman–Crippen MR) is 39.1 cm³/mol. The van der Waals surface area contributed by atoms with Crippen molar-refractivity contribution >= 4 is 5.91 Å². The minimum atomic E-state index is -1.41. The summed E-state index contributed by atoms with van der Waals surface area (Å²) in [5, 5.41) is 10.9. The van der Waals surface area contributed by atoms with Crippen molar-refractivity contribution in [3.05, 3.63) is 0 Å². The van der Waals surface area contributed by atoms with Crippen molar-refractivity contribution in [1.29, 1.82) is 0 Å². The van der Waals surface area contributed by atoms with Crippen LogP contribution in [0.15, 0.2) is 0 Å². The van der Waals surface area contributed by atoms with Gasteiger partial charge < -0.3 is 10.8 Å². The van der Waals surface area contributed by atoms with Gasteiger partial charge >= 0.3 is 0 Å². The molecule has 1 aliphatic heterocycles. The highest BCUT2D eigenvalue weighted by atomic mass is 16.3. The number of carbonyl (C=O) groups is 1. The molecule has 0 aromatic rings. The highest BCUT2D eigenvalue weighted by molar-refractivity contribution is 5.83. The molecule has 1 unspecified atom stereocenters. The van der Waals surface area contributed by atoms with E-state index in [0.717, 1.165) is 0 Å². The van der Waals surface area contributed by atoms with E-state index in [1.54, 1.807) is 0 Å². The molecule has 0 aromatic carbocycles. The Hall–Kier alpha value is -0.650. The minimum Gasteiger partial charge on any atom is -0.379 e. The van der Waals surface area contributed by atoms with E-state index in [9.17, 15) is 9.90 Å². The number of hydrogen-bond acceptors (Lipinski definition) is 4. The van der Waals surface area contributed by atoms with Crippen molar-refractivity contribution in [1.82, 2.24) is 5.01 Å². The summed E-state index contributed by atoms with van der Waals surface area (Å²) in [5.41, 5.74) is 3.58. The summed E-state index contributed by atoms with van der Waals surface area (Å²) < 4.78 is 0. The zero-order chi connectivity index (χ0) is 8.48. The fourth-order valence-corrected chi connectivity index (χ4v) is 1.27. The first-order chi connectivity index (χ1) is 5.04. The number of aliphatic hydroxyl groups is 1. The molecule has 0 aliphatic carbocycles. The minimum absolute atomic E-state index is 0.141. The van der Waals surface area contributed by atoms with Crippen molar-refractivity contribution in [2.75, 3.05) is 13.1 Å². The number of β-amino-alcohol motifs (C(OH)–C–C–N with tert-alkyl or cyclic N) is 1. The normalized spacial score (nSPS) is 33.6. The van der Waals surface area contributed by atoms with Crippen LogP contribution in [0.2, 0.25) is 0 Å². The van der Waals surface area contributed by atoms with Crippen LogP contribution in [0.25, 0.3) is 0 Å².